The monoisotopic (exact) mass is 499 g/mol. The van der Waals surface area contributed by atoms with Gasteiger partial charge in [-0.3, -0.25) is 0 Å². The molecule has 0 aliphatic rings. The molecule has 0 spiro atoms. The highest BCUT2D eigenvalue weighted by molar-refractivity contribution is 6.76. The second-order valence-corrected chi connectivity index (χ2v) is 15.8. The zero-order valence-corrected chi connectivity index (χ0v) is 22.6. The van der Waals surface area contributed by atoms with Crippen LogP contribution >= 0.6 is 0 Å². The number of likely N-dealkylation sites (N-methyl/N-ethyl adjacent to an activating group) is 2. The molecule has 190 valence electrons. The number of rotatable bonds is 13. The molecule has 0 radical (unpaired) electrons. The van der Waals surface area contributed by atoms with Gasteiger partial charge in [0.25, 0.3) is 0 Å². The van der Waals surface area contributed by atoms with Crippen molar-refractivity contribution < 1.29 is 19.4 Å². The molecule has 0 saturated heterocycles. The molecule has 9 nitrogen and oxygen atoms in total. The average Bonchev–Trinajstić information content (AvgIpc) is 3.22. The highest BCUT2D eigenvalue weighted by atomic mass is 28.3. The highest BCUT2D eigenvalue weighted by Gasteiger charge is 2.26. The molecule has 0 unspecified atom stereocenters. The van der Waals surface area contributed by atoms with E-state index in [1.165, 1.54) is 0 Å². The molecule has 0 bridgehead atoms. The van der Waals surface area contributed by atoms with Crippen molar-refractivity contribution in [2.75, 3.05) is 45.7 Å². The minimum Gasteiger partial charge on any atom is -0.477 e. The van der Waals surface area contributed by atoms with Crippen molar-refractivity contribution in [2.45, 2.75) is 38.9 Å². The first-order valence-electron chi connectivity index (χ1n) is 11.8. The molecular formula is C25H37N5O4Si. The number of H-pyrrole nitrogens is 1. The van der Waals surface area contributed by atoms with E-state index in [9.17, 15) is 9.90 Å². The summed E-state index contributed by atoms with van der Waals surface area (Å²) in [4.78, 5) is 28.7. The van der Waals surface area contributed by atoms with Gasteiger partial charge in [-0.05, 0) is 25.7 Å². The van der Waals surface area contributed by atoms with E-state index in [1.807, 2.05) is 61.3 Å². The Morgan fingerprint density at radius 2 is 1.77 bits per heavy atom. The van der Waals surface area contributed by atoms with Crippen LogP contribution in [0.2, 0.25) is 25.7 Å². The second kappa shape index (κ2) is 11.7. The number of fused-ring (bicyclic) bond motifs is 1. The Morgan fingerprint density at radius 1 is 1.06 bits per heavy atom. The van der Waals surface area contributed by atoms with Crippen LogP contribution in [0.5, 0.6) is 5.88 Å². The van der Waals surface area contributed by atoms with Crippen molar-refractivity contribution in [3.8, 4) is 5.88 Å². The Bertz CT molecular complexity index is 1130. The fourth-order valence-electron chi connectivity index (χ4n) is 3.45. The Labute approximate surface area is 208 Å². The van der Waals surface area contributed by atoms with E-state index >= 15 is 0 Å². The average molecular weight is 500 g/mol. The molecular weight excluding hydrogens is 462 g/mol. The maximum absolute atomic E-state index is 12.4. The summed E-state index contributed by atoms with van der Waals surface area (Å²) in [7, 11) is 4.57. The Morgan fingerprint density at radius 3 is 2.40 bits per heavy atom. The van der Waals surface area contributed by atoms with Gasteiger partial charge in [0.1, 0.15) is 30.4 Å². The molecule has 2 heterocycles. The van der Waals surface area contributed by atoms with Crippen LogP contribution in [0.3, 0.4) is 0 Å². The number of aromatic carboxylic acids is 1. The fourth-order valence-corrected chi connectivity index (χ4v) is 4.21. The number of benzene rings is 1. The maximum atomic E-state index is 12.4. The number of carbonyl (C=O) groups is 1. The quantitative estimate of drug-likeness (QED) is 0.268. The van der Waals surface area contributed by atoms with Gasteiger partial charge in [0, 0.05) is 34.8 Å². The summed E-state index contributed by atoms with van der Waals surface area (Å²) >= 11 is 0. The van der Waals surface area contributed by atoms with Crippen molar-refractivity contribution in [3.63, 3.8) is 0 Å². The van der Waals surface area contributed by atoms with Crippen LogP contribution in [-0.4, -0.2) is 79.8 Å². The molecule has 3 rings (SSSR count). The zero-order chi connectivity index (χ0) is 25.6. The summed E-state index contributed by atoms with van der Waals surface area (Å²) < 4.78 is 11.9. The Kier molecular flexibility index (Phi) is 8.87. The molecule has 0 amide bonds. The first-order chi connectivity index (χ1) is 16.5. The largest absolute Gasteiger partial charge is 0.477 e. The van der Waals surface area contributed by atoms with Crippen LogP contribution in [0.25, 0.3) is 11.0 Å². The molecule has 0 atom stereocenters. The summed E-state index contributed by atoms with van der Waals surface area (Å²) in [5.41, 5.74) is 1.85. The van der Waals surface area contributed by atoms with Crippen molar-refractivity contribution in [1.82, 2.24) is 19.9 Å². The number of hydrogen-bond donors (Lipinski definition) is 2. The first kappa shape index (κ1) is 26.6. The molecule has 1 aromatic carbocycles. The van der Waals surface area contributed by atoms with Crippen LogP contribution in [0.15, 0.2) is 30.3 Å². The van der Waals surface area contributed by atoms with E-state index in [1.54, 1.807) is 0 Å². The second-order valence-electron chi connectivity index (χ2n) is 10.2. The Hall–Kier alpha value is -2.95. The number of aromatic nitrogens is 3. The number of nitrogens with one attached hydrogen (secondary N) is 1. The molecule has 0 aliphatic carbocycles. The van der Waals surface area contributed by atoms with E-state index < -0.39 is 14.0 Å². The molecule has 0 saturated carbocycles. The number of carboxylic acids is 1. The van der Waals surface area contributed by atoms with Gasteiger partial charge in [-0.25, -0.2) is 9.78 Å². The molecule has 2 N–H and O–H groups in total. The van der Waals surface area contributed by atoms with E-state index in [-0.39, 0.29) is 12.2 Å². The standard InChI is InChI=1S/C25H37N5O4Si/c1-29(2)12-13-30(3)23-20(25(31)32)21-22(24(28-23)34-16-18-10-8-7-9-11-18)27-19(26-21)17-33-14-15-35(4,5)6/h7-11H,12-17H2,1-6H3,(H,26,27)(H,31,32). The number of ether oxygens (including phenoxy) is 2. The van der Waals surface area contributed by atoms with Crippen LogP contribution < -0.4 is 9.64 Å². The normalized spacial score (nSPS) is 11.9. The highest BCUT2D eigenvalue weighted by Crippen LogP contribution is 2.32. The first-order valence-corrected chi connectivity index (χ1v) is 15.5. The van der Waals surface area contributed by atoms with E-state index in [0.717, 1.165) is 18.2 Å². The van der Waals surface area contributed by atoms with Crippen LogP contribution in [0, 0.1) is 0 Å². The van der Waals surface area contributed by atoms with Gasteiger partial charge in [0.15, 0.2) is 5.52 Å². The van der Waals surface area contributed by atoms with Crippen LogP contribution in [0.4, 0.5) is 5.82 Å². The fraction of sp³-hybridized carbons (Fsp3) is 0.480. The van der Waals surface area contributed by atoms with Crippen LogP contribution in [0.1, 0.15) is 21.7 Å². The minimum atomic E-state index is -1.21. The molecule has 35 heavy (non-hydrogen) atoms. The van der Waals surface area contributed by atoms with E-state index in [4.69, 9.17) is 9.47 Å². The van der Waals surface area contributed by atoms with Gasteiger partial charge in [-0.15, -0.1) is 0 Å². The van der Waals surface area contributed by atoms with Gasteiger partial charge < -0.3 is 29.4 Å². The molecule has 10 heteroatoms. The van der Waals surface area contributed by atoms with Crippen molar-refractivity contribution >= 4 is 30.9 Å². The summed E-state index contributed by atoms with van der Waals surface area (Å²) in [5.74, 6) is 0.117. The topological polar surface area (TPSA) is 104 Å². The van der Waals surface area contributed by atoms with Crippen molar-refractivity contribution in [1.29, 1.82) is 0 Å². The smallest absolute Gasteiger partial charge is 0.341 e. The SMILES string of the molecule is CN(C)CCN(C)c1nc(OCc2ccccc2)c2nc(COCC[Si](C)(C)C)[nH]c2c1C(=O)O. The molecule has 0 aliphatic heterocycles. The minimum absolute atomic E-state index is 0.0779. The summed E-state index contributed by atoms with van der Waals surface area (Å²) in [6.45, 7) is 9.45. The van der Waals surface area contributed by atoms with Gasteiger partial charge >= 0.3 is 5.97 Å². The number of hydrogen-bond acceptors (Lipinski definition) is 7. The number of carboxylic acid groups (broad SMARTS) is 1. The summed E-state index contributed by atoms with van der Waals surface area (Å²) in [5, 5.41) is 10.1. The third kappa shape index (κ3) is 7.51. The van der Waals surface area contributed by atoms with Gasteiger partial charge in [-0.2, -0.15) is 4.98 Å². The number of anilines is 1. The number of imidazole rings is 1. The maximum Gasteiger partial charge on any atom is 0.341 e. The van der Waals surface area contributed by atoms with E-state index in [0.29, 0.717) is 48.3 Å². The van der Waals surface area contributed by atoms with E-state index in [2.05, 4.69) is 34.6 Å². The lowest BCUT2D eigenvalue weighted by atomic mass is 10.2. The third-order valence-corrected chi connectivity index (χ3v) is 7.25. The lowest BCUT2D eigenvalue weighted by Gasteiger charge is -2.23. The van der Waals surface area contributed by atoms with Crippen LogP contribution in [-0.2, 0) is 18.0 Å². The molecule has 0 fully saturated rings. The lowest BCUT2D eigenvalue weighted by Crippen LogP contribution is -2.30. The third-order valence-electron chi connectivity index (χ3n) is 5.55. The predicted molar refractivity (Wildman–Crippen MR) is 141 cm³/mol. The Balaban J connectivity index is 1.97. The molecule has 3 aromatic rings. The summed E-state index contributed by atoms with van der Waals surface area (Å²) in [6.07, 6.45) is 0. The number of pyridine rings is 1. The van der Waals surface area contributed by atoms with Crippen molar-refractivity contribution in [3.05, 3.63) is 47.3 Å². The lowest BCUT2D eigenvalue weighted by molar-refractivity contribution is 0.0699. The number of aromatic amines is 1. The van der Waals surface area contributed by atoms with Gasteiger partial charge in [0.05, 0.1) is 5.52 Å². The van der Waals surface area contributed by atoms with Gasteiger partial charge in [-0.1, -0.05) is 50.0 Å². The number of nitrogens with zero attached hydrogens (tertiary/aromatic N) is 4. The van der Waals surface area contributed by atoms with Crippen molar-refractivity contribution in [2.24, 2.45) is 0 Å². The molecule has 2 aromatic heterocycles. The summed E-state index contributed by atoms with van der Waals surface area (Å²) in [6, 6.07) is 10.8. The zero-order valence-electron chi connectivity index (χ0n) is 21.6. The predicted octanol–water partition coefficient (Wildman–Crippen LogP) is 4.09. The van der Waals surface area contributed by atoms with Gasteiger partial charge in [0.2, 0.25) is 5.88 Å².